The van der Waals surface area contributed by atoms with E-state index in [1.165, 1.54) is 0 Å². The van der Waals surface area contributed by atoms with Crippen molar-refractivity contribution in [2.24, 2.45) is 0 Å². The topological polar surface area (TPSA) is 17.1 Å². The van der Waals surface area contributed by atoms with Crippen LogP contribution in [-0.2, 0) is 4.79 Å². The summed E-state index contributed by atoms with van der Waals surface area (Å²) in [5.41, 5.74) is 0.355. The van der Waals surface area contributed by atoms with Gasteiger partial charge in [-0.15, -0.1) is 0 Å². The van der Waals surface area contributed by atoms with Gasteiger partial charge in [-0.05, 0) is 42.8 Å². The highest BCUT2D eigenvalue weighted by Gasteiger charge is 2.52. The van der Waals surface area contributed by atoms with Gasteiger partial charge in [0.05, 0.1) is 0 Å². The van der Waals surface area contributed by atoms with Crippen molar-refractivity contribution >= 4 is 28.7 Å². The lowest BCUT2D eigenvalue weighted by molar-refractivity contribution is -0.111. The van der Waals surface area contributed by atoms with Gasteiger partial charge in [-0.1, -0.05) is 61.5 Å². The zero-order valence-corrected chi connectivity index (χ0v) is 14.8. The van der Waals surface area contributed by atoms with Crippen LogP contribution >= 0.6 is 7.26 Å². The molecule has 0 N–H and O–H groups in total. The number of carbonyl (C=O) groups is 1. The molecular formula is C22H22OP+. The lowest BCUT2D eigenvalue weighted by atomic mass is 10.3. The zero-order valence-electron chi connectivity index (χ0n) is 13.9. The van der Waals surface area contributed by atoms with E-state index in [0.29, 0.717) is 11.9 Å². The number of benzene rings is 3. The Hall–Kier alpha value is -2.24. The van der Waals surface area contributed by atoms with Crippen molar-refractivity contribution in [3.05, 3.63) is 91.0 Å². The molecule has 0 heterocycles. The van der Waals surface area contributed by atoms with E-state index in [1.807, 2.05) is 54.6 Å². The molecule has 0 fully saturated rings. The van der Waals surface area contributed by atoms with Gasteiger partial charge in [0.25, 0.3) is 5.52 Å². The van der Waals surface area contributed by atoms with Crippen LogP contribution in [0.3, 0.4) is 0 Å². The van der Waals surface area contributed by atoms with E-state index >= 15 is 0 Å². The molecule has 3 aromatic carbocycles. The summed E-state index contributed by atoms with van der Waals surface area (Å²) in [5.74, 6) is 0. The van der Waals surface area contributed by atoms with E-state index < -0.39 is 7.26 Å². The monoisotopic (exact) mass is 333 g/mol. The van der Waals surface area contributed by atoms with E-state index in [-0.39, 0.29) is 0 Å². The Balaban J connectivity index is 2.35. The first kappa shape index (κ1) is 16.6. The van der Waals surface area contributed by atoms with Gasteiger partial charge < -0.3 is 0 Å². The first-order valence-electron chi connectivity index (χ1n) is 8.39. The molecular weight excluding hydrogens is 311 g/mol. The third-order valence-electron chi connectivity index (χ3n) is 4.27. The van der Waals surface area contributed by atoms with Crippen molar-refractivity contribution in [3.63, 3.8) is 0 Å². The molecule has 0 radical (unpaired) electrons. The molecule has 24 heavy (non-hydrogen) atoms. The third-order valence-corrected chi connectivity index (χ3v) is 8.46. The molecule has 0 bridgehead atoms. The summed E-state index contributed by atoms with van der Waals surface area (Å²) in [6, 6.07) is 30.9. The van der Waals surface area contributed by atoms with Crippen LogP contribution in [0.4, 0.5) is 0 Å². The lowest BCUT2D eigenvalue weighted by Crippen LogP contribution is -2.36. The Morgan fingerprint density at radius 1 is 0.667 bits per heavy atom. The van der Waals surface area contributed by atoms with Crippen LogP contribution in [0.1, 0.15) is 19.8 Å². The molecule has 0 aliphatic carbocycles. The Morgan fingerprint density at radius 3 is 1.29 bits per heavy atom. The maximum Gasteiger partial charge on any atom is 0.283 e. The highest BCUT2D eigenvalue weighted by atomic mass is 31.2. The average Bonchev–Trinajstić information content (AvgIpc) is 2.65. The molecule has 120 valence electrons. The van der Waals surface area contributed by atoms with Crippen LogP contribution in [0, 0.1) is 0 Å². The fourth-order valence-corrected chi connectivity index (χ4v) is 7.39. The van der Waals surface area contributed by atoms with Crippen LogP contribution in [0.2, 0.25) is 0 Å². The minimum atomic E-state index is -2.30. The third kappa shape index (κ3) is 2.92. The first-order valence-corrected chi connectivity index (χ1v) is 10.2. The van der Waals surface area contributed by atoms with E-state index in [4.69, 9.17) is 0 Å². The van der Waals surface area contributed by atoms with Crippen LogP contribution in [-0.4, -0.2) is 5.52 Å². The van der Waals surface area contributed by atoms with Gasteiger partial charge in [-0.25, -0.2) is 0 Å². The van der Waals surface area contributed by atoms with Crippen molar-refractivity contribution < 1.29 is 4.79 Å². The average molecular weight is 333 g/mol. The second-order valence-electron chi connectivity index (χ2n) is 5.82. The smallest absolute Gasteiger partial charge is 0.252 e. The Kier molecular flexibility index (Phi) is 5.23. The minimum absolute atomic E-state index is 0.355. The SMILES string of the molecule is CCCC(=O)[P+](c1ccccc1)(c1ccccc1)c1ccccc1. The van der Waals surface area contributed by atoms with Crippen molar-refractivity contribution in [3.8, 4) is 0 Å². The summed E-state index contributed by atoms with van der Waals surface area (Å²) in [4.78, 5) is 13.5. The Bertz CT molecular complexity index is 685. The van der Waals surface area contributed by atoms with Crippen molar-refractivity contribution in [1.82, 2.24) is 0 Å². The molecule has 0 unspecified atom stereocenters. The molecule has 0 spiro atoms. The van der Waals surface area contributed by atoms with Gasteiger partial charge in [0.2, 0.25) is 0 Å². The molecule has 0 saturated carbocycles. The predicted octanol–water partition coefficient (Wildman–Crippen LogP) is 4.31. The van der Waals surface area contributed by atoms with Gasteiger partial charge in [0.15, 0.2) is 7.26 Å². The molecule has 3 rings (SSSR count). The summed E-state index contributed by atoms with van der Waals surface area (Å²) < 4.78 is 0. The second-order valence-corrected chi connectivity index (χ2v) is 9.21. The maximum atomic E-state index is 13.5. The summed E-state index contributed by atoms with van der Waals surface area (Å²) in [5, 5.41) is 3.42. The highest BCUT2D eigenvalue weighted by Crippen LogP contribution is 2.57. The van der Waals surface area contributed by atoms with Gasteiger partial charge in [-0.2, -0.15) is 0 Å². The van der Waals surface area contributed by atoms with Crippen molar-refractivity contribution in [2.45, 2.75) is 19.8 Å². The van der Waals surface area contributed by atoms with Crippen LogP contribution in [0.25, 0.3) is 0 Å². The highest BCUT2D eigenvalue weighted by molar-refractivity contribution is 8.08. The molecule has 0 aromatic heterocycles. The molecule has 0 aliphatic heterocycles. The standard InChI is InChI=1S/C22H22OP/c1-2-12-22(23)24(19-13-6-3-7-14-19,20-15-8-4-9-16-20)21-17-10-5-11-18-21/h3-11,13-18H,2,12H2,1H3/q+1. The second kappa shape index (κ2) is 7.55. The number of hydrogen-bond acceptors (Lipinski definition) is 1. The molecule has 0 aliphatic rings. The van der Waals surface area contributed by atoms with Crippen molar-refractivity contribution in [2.75, 3.05) is 0 Å². The number of hydrogen-bond donors (Lipinski definition) is 0. The van der Waals surface area contributed by atoms with E-state index in [1.54, 1.807) is 0 Å². The quantitative estimate of drug-likeness (QED) is 0.615. The molecule has 2 heteroatoms. The van der Waals surface area contributed by atoms with Gasteiger partial charge in [0.1, 0.15) is 15.9 Å². The van der Waals surface area contributed by atoms with Gasteiger partial charge in [0, 0.05) is 6.42 Å². The van der Waals surface area contributed by atoms with Gasteiger partial charge in [-0.3, -0.25) is 4.79 Å². The minimum Gasteiger partial charge on any atom is -0.252 e. The Morgan fingerprint density at radius 2 is 1.00 bits per heavy atom. The number of rotatable bonds is 6. The van der Waals surface area contributed by atoms with Crippen LogP contribution in [0.15, 0.2) is 91.0 Å². The van der Waals surface area contributed by atoms with E-state index in [2.05, 4.69) is 43.3 Å². The van der Waals surface area contributed by atoms with Crippen molar-refractivity contribution in [1.29, 1.82) is 0 Å². The summed E-state index contributed by atoms with van der Waals surface area (Å²) in [6.45, 7) is 2.08. The lowest BCUT2D eigenvalue weighted by Gasteiger charge is -2.25. The fourth-order valence-electron chi connectivity index (χ4n) is 3.22. The van der Waals surface area contributed by atoms with E-state index in [0.717, 1.165) is 22.3 Å². The molecule has 0 amide bonds. The van der Waals surface area contributed by atoms with E-state index in [9.17, 15) is 4.79 Å². The number of carbonyl (C=O) groups excluding carboxylic acids is 1. The first-order chi connectivity index (χ1) is 11.8. The molecule has 0 saturated heterocycles. The molecule has 0 atom stereocenters. The maximum absolute atomic E-state index is 13.5. The summed E-state index contributed by atoms with van der Waals surface area (Å²) >= 11 is 0. The summed E-state index contributed by atoms with van der Waals surface area (Å²) in [6.07, 6.45) is 1.47. The normalized spacial score (nSPS) is 11.2. The molecule has 3 aromatic rings. The summed E-state index contributed by atoms with van der Waals surface area (Å²) in [7, 11) is -2.30. The fraction of sp³-hybridized carbons (Fsp3) is 0.136. The molecule has 1 nitrogen and oxygen atoms in total. The zero-order chi connectivity index (χ0) is 16.8. The van der Waals surface area contributed by atoms with Gasteiger partial charge >= 0.3 is 0 Å². The van der Waals surface area contributed by atoms with Crippen LogP contribution in [0.5, 0.6) is 0 Å². The Labute approximate surface area is 144 Å². The largest absolute Gasteiger partial charge is 0.283 e. The predicted molar refractivity (Wildman–Crippen MR) is 105 cm³/mol. The van der Waals surface area contributed by atoms with Crippen LogP contribution < -0.4 is 15.9 Å².